The van der Waals surface area contributed by atoms with Crippen LogP contribution in [-0.2, 0) is 0 Å². The molecule has 2 heterocycles. The van der Waals surface area contributed by atoms with E-state index < -0.39 is 0 Å². The number of pyridine rings is 1. The minimum absolute atomic E-state index is 1.02. The average molecular weight is 370 g/mol. The van der Waals surface area contributed by atoms with Crippen molar-refractivity contribution in [2.75, 3.05) is 0 Å². The first-order valence-corrected chi connectivity index (χ1v) is 5.21. The normalized spacial score (nSPS) is 10.7. The summed E-state index contributed by atoms with van der Waals surface area (Å²) in [7, 11) is 0. The Hall–Kier alpha value is 0.150. The van der Waals surface area contributed by atoms with E-state index in [0.717, 1.165) is 9.35 Å². The van der Waals surface area contributed by atoms with Gasteiger partial charge in [0.25, 0.3) is 0 Å². The van der Waals surface area contributed by atoms with Crippen LogP contribution in [-0.4, -0.2) is 9.38 Å². The number of nitrogens with zero attached hydrogens (tertiary/aromatic N) is 2. The van der Waals surface area contributed by atoms with Crippen molar-refractivity contribution < 1.29 is 0 Å². The Morgan fingerprint density at radius 2 is 2.18 bits per heavy atom. The predicted molar refractivity (Wildman–Crippen MR) is 60.6 cm³/mol. The minimum atomic E-state index is 1.02. The molecule has 0 saturated heterocycles. The van der Waals surface area contributed by atoms with Crippen LogP contribution in [0.2, 0.25) is 0 Å². The molecule has 56 valence electrons. The smallest absolute Gasteiger partial charge is 0.139 e. The summed E-state index contributed by atoms with van der Waals surface area (Å²) in [6.07, 6.45) is 4.03. The summed E-state index contributed by atoms with van der Waals surface area (Å²) in [5, 5.41) is 0. The Morgan fingerprint density at radius 3 is 3.00 bits per heavy atom. The number of hydrogen-bond acceptors (Lipinski definition) is 1. The van der Waals surface area contributed by atoms with E-state index in [4.69, 9.17) is 0 Å². The van der Waals surface area contributed by atoms with E-state index >= 15 is 0 Å². The summed E-state index contributed by atoms with van der Waals surface area (Å²) in [6.45, 7) is 0. The number of aromatic nitrogens is 2. The molecule has 0 aliphatic carbocycles. The molecule has 2 nitrogen and oxygen atoms in total. The third kappa shape index (κ3) is 1.51. The quantitative estimate of drug-likeness (QED) is 0.652. The molecule has 0 fully saturated rings. The number of fused-ring (bicyclic) bond motifs is 1. The van der Waals surface area contributed by atoms with Crippen LogP contribution in [0.25, 0.3) is 5.65 Å². The van der Waals surface area contributed by atoms with Crippen LogP contribution in [0.3, 0.4) is 0 Å². The molecule has 2 rings (SSSR count). The lowest BCUT2D eigenvalue weighted by Crippen LogP contribution is -1.81. The summed E-state index contributed by atoms with van der Waals surface area (Å²) in [4.78, 5) is 4.32. The van der Waals surface area contributed by atoms with E-state index in [-0.39, 0.29) is 0 Å². The molecular formula is C7H4I2N2. The van der Waals surface area contributed by atoms with Crippen LogP contribution in [0, 0.1) is 7.27 Å². The highest BCUT2D eigenvalue weighted by atomic mass is 127. The van der Waals surface area contributed by atoms with Crippen LogP contribution < -0.4 is 0 Å². The molecule has 0 spiro atoms. The number of imidazole rings is 1. The van der Waals surface area contributed by atoms with Gasteiger partial charge in [-0.05, 0) is 57.3 Å². The molecule has 0 radical (unpaired) electrons. The number of hydrogen-bond donors (Lipinski definition) is 0. The fourth-order valence-electron chi connectivity index (χ4n) is 0.926. The van der Waals surface area contributed by atoms with Gasteiger partial charge in [0.15, 0.2) is 0 Å². The maximum atomic E-state index is 4.32. The lowest BCUT2D eigenvalue weighted by Gasteiger charge is -1.91. The second-order valence-corrected chi connectivity index (χ2v) is 4.52. The maximum absolute atomic E-state index is 4.32. The maximum Gasteiger partial charge on any atom is 0.139 e. The zero-order valence-corrected chi connectivity index (χ0v) is 9.77. The molecule has 0 amide bonds. The Balaban J connectivity index is 2.82. The lowest BCUT2D eigenvalue weighted by molar-refractivity contribution is 1.18. The highest BCUT2D eigenvalue weighted by molar-refractivity contribution is 14.1. The fraction of sp³-hybridized carbons (Fsp3) is 0. The molecule has 0 atom stereocenters. The third-order valence-electron chi connectivity index (χ3n) is 1.39. The SMILES string of the molecule is Ic1ccn2cc(I)nc2c1. The van der Waals surface area contributed by atoms with Crippen molar-refractivity contribution in [1.82, 2.24) is 9.38 Å². The first kappa shape index (κ1) is 7.78. The second-order valence-electron chi connectivity index (χ2n) is 2.17. The summed E-state index contributed by atoms with van der Waals surface area (Å²) < 4.78 is 4.27. The second kappa shape index (κ2) is 2.89. The van der Waals surface area contributed by atoms with Gasteiger partial charge in [0.2, 0.25) is 0 Å². The van der Waals surface area contributed by atoms with Crippen molar-refractivity contribution in [2.24, 2.45) is 0 Å². The molecule has 0 aromatic carbocycles. The minimum Gasteiger partial charge on any atom is -0.306 e. The van der Waals surface area contributed by atoms with E-state index in [1.165, 1.54) is 3.57 Å². The van der Waals surface area contributed by atoms with Crippen LogP contribution in [0.1, 0.15) is 0 Å². The topological polar surface area (TPSA) is 17.3 Å². The molecule has 4 heteroatoms. The molecule has 2 aromatic heterocycles. The van der Waals surface area contributed by atoms with Gasteiger partial charge in [-0.3, -0.25) is 0 Å². The number of halogens is 2. The van der Waals surface area contributed by atoms with Crippen LogP contribution in [0.5, 0.6) is 0 Å². The molecular weight excluding hydrogens is 366 g/mol. The monoisotopic (exact) mass is 370 g/mol. The Bertz CT molecular complexity index is 394. The van der Waals surface area contributed by atoms with Gasteiger partial charge in [-0.2, -0.15) is 0 Å². The number of rotatable bonds is 0. The van der Waals surface area contributed by atoms with E-state index in [1.54, 1.807) is 0 Å². The van der Waals surface area contributed by atoms with E-state index in [9.17, 15) is 0 Å². The van der Waals surface area contributed by atoms with Crippen LogP contribution in [0.4, 0.5) is 0 Å². The van der Waals surface area contributed by atoms with Gasteiger partial charge in [-0.15, -0.1) is 0 Å². The molecule has 0 aliphatic rings. The Labute approximate surface area is 91.3 Å². The molecule has 0 aliphatic heterocycles. The van der Waals surface area contributed by atoms with E-state index in [2.05, 4.69) is 62.3 Å². The van der Waals surface area contributed by atoms with Crippen LogP contribution >= 0.6 is 45.2 Å². The summed E-state index contributed by atoms with van der Waals surface area (Å²) >= 11 is 4.49. The van der Waals surface area contributed by atoms with Crippen molar-refractivity contribution >= 4 is 50.8 Å². The van der Waals surface area contributed by atoms with E-state index in [1.807, 2.05) is 16.8 Å². The van der Waals surface area contributed by atoms with Gasteiger partial charge in [-0.1, -0.05) is 0 Å². The lowest BCUT2D eigenvalue weighted by atomic mass is 10.5. The first-order valence-electron chi connectivity index (χ1n) is 3.05. The van der Waals surface area contributed by atoms with Gasteiger partial charge in [0, 0.05) is 16.0 Å². The van der Waals surface area contributed by atoms with Crippen molar-refractivity contribution in [1.29, 1.82) is 0 Å². The van der Waals surface area contributed by atoms with Gasteiger partial charge in [0.1, 0.15) is 9.35 Å². The zero-order valence-electron chi connectivity index (χ0n) is 5.46. The summed E-state index contributed by atoms with van der Waals surface area (Å²) in [5.41, 5.74) is 1.02. The van der Waals surface area contributed by atoms with Crippen LogP contribution in [0.15, 0.2) is 24.5 Å². The molecule has 11 heavy (non-hydrogen) atoms. The molecule has 2 aromatic rings. The van der Waals surface area contributed by atoms with Crippen molar-refractivity contribution in [3.05, 3.63) is 31.8 Å². The highest BCUT2D eigenvalue weighted by Crippen LogP contribution is 2.10. The molecule has 0 saturated carbocycles. The fourth-order valence-corrected chi connectivity index (χ4v) is 1.91. The highest BCUT2D eigenvalue weighted by Gasteiger charge is 1.96. The Kier molecular flexibility index (Phi) is 2.04. The standard InChI is InChI=1S/C7H4I2N2/c8-5-1-2-11-4-6(9)10-7(11)3-5/h1-4H. The summed E-state index contributed by atoms with van der Waals surface area (Å²) in [5.74, 6) is 0. The predicted octanol–water partition coefficient (Wildman–Crippen LogP) is 2.54. The van der Waals surface area contributed by atoms with Crippen molar-refractivity contribution in [3.63, 3.8) is 0 Å². The van der Waals surface area contributed by atoms with Crippen molar-refractivity contribution in [2.45, 2.75) is 0 Å². The first-order chi connectivity index (χ1) is 5.25. The molecule has 0 unspecified atom stereocenters. The molecule has 0 N–H and O–H groups in total. The summed E-state index contributed by atoms with van der Waals surface area (Å²) in [6, 6.07) is 4.12. The van der Waals surface area contributed by atoms with E-state index in [0.29, 0.717) is 0 Å². The van der Waals surface area contributed by atoms with Crippen molar-refractivity contribution in [3.8, 4) is 0 Å². The molecule has 0 bridgehead atoms. The van der Waals surface area contributed by atoms with Gasteiger partial charge >= 0.3 is 0 Å². The van der Waals surface area contributed by atoms with Gasteiger partial charge in [0.05, 0.1) is 0 Å². The average Bonchev–Trinajstić information content (AvgIpc) is 2.27. The Morgan fingerprint density at radius 1 is 1.36 bits per heavy atom. The zero-order chi connectivity index (χ0) is 7.84. The van der Waals surface area contributed by atoms with Gasteiger partial charge in [-0.25, -0.2) is 4.98 Å². The van der Waals surface area contributed by atoms with Gasteiger partial charge < -0.3 is 4.40 Å². The largest absolute Gasteiger partial charge is 0.306 e. The third-order valence-corrected chi connectivity index (χ3v) is 2.58.